The third-order valence-corrected chi connectivity index (χ3v) is 7.64. The van der Waals surface area contributed by atoms with E-state index in [9.17, 15) is 0 Å². The molecule has 0 amide bonds. The number of hydrogen-bond donors (Lipinski definition) is 1. The number of rotatable bonds is 24. The van der Waals surface area contributed by atoms with E-state index in [0.29, 0.717) is 12.0 Å². The van der Waals surface area contributed by atoms with E-state index in [-0.39, 0.29) is 0 Å². The highest BCUT2D eigenvalue weighted by Crippen LogP contribution is 2.27. The predicted molar refractivity (Wildman–Crippen MR) is 147 cm³/mol. The van der Waals surface area contributed by atoms with Crippen molar-refractivity contribution in [3.05, 3.63) is 18.2 Å². The second-order valence-corrected chi connectivity index (χ2v) is 10.8. The Hall–Kier alpha value is -0.790. The van der Waals surface area contributed by atoms with Crippen molar-refractivity contribution in [2.24, 2.45) is 0 Å². The number of aromatic nitrogens is 2. The third kappa shape index (κ3) is 14.9. The Morgan fingerprint density at radius 1 is 0.576 bits per heavy atom. The summed E-state index contributed by atoms with van der Waals surface area (Å²) in [6.45, 7) is 9.34. The zero-order valence-electron chi connectivity index (χ0n) is 23.3. The van der Waals surface area contributed by atoms with Gasteiger partial charge in [0.25, 0.3) is 5.82 Å². The normalized spacial score (nSPS) is 13.5. The van der Waals surface area contributed by atoms with Crippen LogP contribution in [0.25, 0.3) is 0 Å². The number of H-pyrrole nitrogens is 1. The summed E-state index contributed by atoms with van der Waals surface area (Å²) in [6, 6.07) is 0.621. The average molecular weight is 462 g/mol. The molecule has 1 heterocycles. The lowest BCUT2D eigenvalue weighted by atomic mass is 9.92. The minimum absolute atomic E-state index is 0.621. The van der Waals surface area contributed by atoms with Gasteiger partial charge in [0.05, 0.1) is 12.0 Å². The van der Waals surface area contributed by atoms with Crippen LogP contribution in [0.5, 0.6) is 0 Å². The van der Waals surface area contributed by atoms with Gasteiger partial charge in [-0.25, -0.2) is 9.55 Å². The first-order valence-corrected chi connectivity index (χ1v) is 15.3. The molecule has 0 aliphatic rings. The van der Waals surface area contributed by atoms with Crippen molar-refractivity contribution in [1.82, 2.24) is 4.98 Å². The van der Waals surface area contributed by atoms with Gasteiger partial charge >= 0.3 is 0 Å². The second-order valence-electron chi connectivity index (χ2n) is 10.8. The molecule has 0 fully saturated rings. The first-order chi connectivity index (χ1) is 16.2. The van der Waals surface area contributed by atoms with Crippen molar-refractivity contribution in [2.45, 2.75) is 181 Å². The lowest BCUT2D eigenvalue weighted by molar-refractivity contribution is -0.727. The molecule has 0 aliphatic carbocycles. The van der Waals surface area contributed by atoms with Crippen LogP contribution in [0.4, 0.5) is 0 Å². The minimum Gasteiger partial charge on any atom is -0.247 e. The molecule has 0 saturated carbocycles. The largest absolute Gasteiger partial charge is 0.257 e. The van der Waals surface area contributed by atoms with E-state index in [2.05, 4.69) is 49.6 Å². The molecule has 2 nitrogen and oxygen atoms in total. The highest BCUT2D eigenvalue weighted by Gasteiger charge is 2.25. The number of nitrogens with one attached hydrogen (secondary N) is 1. The molecule has 0 bridgehead atoms. The molecule has 2 heteroatoms. The Bertz CT molecular complexity index is 521. The van der Waals surface area contributed by atoms with Crippen LogP contribution in [0.1, 0.15) is 187 Å². The van der Waals surface area contributed by atoms with Crippen LogP contribution < -0.4 is 4.57 Å². The van der Waals surface area contributed by atoms with Gasteiger partial charge in [-0.1, -0.05) is 136 Å². The van der Waals surface area contributed by atoms with Gasteiger partial charge in [0, 0.05) is 0 Å². The summed E-state index contributed by atoms with van der Waals surface area (Å²) in [4.78, 5) is 3.68. The molecule has 1 aromatic heterocycles. The van der Waals surface area contributed by atoms with Gasteiger partial charge in [0.15, 0.2) is 0 Å². The number of unbranched alkanes of at least 4 members (excludes halogenated alkanes) is 16. The Morgan fingerprint density at radius 3 is 1.45 bits per heavy atom. The van der Waals surface area contributed by atoms with Crippen LogP contribution in [0.15, 0.2) is 12.4 Å². The van der Waals surface area contributed by atoms with Gasteiger partial charge in [-0.2, -0.15) is 0 Å². The van der Waals surface area contributed by atoms with Gasteiger partial charge in [-0.15, -0.1) is 0 Å². The Morgan fingerprint density at radius 2 is 1.00 bits per heavy atom. The molecule has 1 aromatic rings. The molecular formula is C31H61N2+. The van der Waals surface area contributed by atoms with Crippen LogP contribution >= 0.6 is 0 Å². The van der Waals surface area contributed by atoms with Crippen molar-refractivity contribution in [3.63, 3.8) is 0 Å². The highest BCUT2D eigenvalue weighted by atomic mass is 15.1. The second kappa shape index (κ2) is 21.7. The molecule has 0 saturated heterocycles. The first kappa shape index (κ1) is 30.2. The van der Waals surface area contributed by atoms with Crippen LogP contribution in [-0.4, -0.2) is 4.98 Å². The molecule has 0 radical (unpaired) electrons. The average Bonchev–Trinajstić information content (AvgIpc) is 3.31. The minimum atomic E-state index is 0.621. The summed E-state index contributed by atoms with van der Waals surface area (Å²) >= 11 is 0. The standard InChI is InChI=1S/C31H60N2/c1-5-8-11-13-15-17-19-21-23-26-30(25-22-20-18-16-14-12-9-6-2)31-32-27-28-33(31)29(4)24-10-7-3/h27-30H,5-26H2,1-4H3/p+1. The van der Waals surface area contributed by atoms with E-state index in [0.717, 1.165) is 0 Å². The topological polar surface area (TPSA) is 19.7 Å². The number of nitrogens with zero attached hydrogens (tertiary/aromatic N) is 1. The van der Waals surface area contributed by atoms with E-state index in [1.165, 1.54) is 147 Å². The Labute approximate surface area is 208 Å². The molecule has 0 aliphatic heterocycles. The maximum atomic E-state index is 3.68. The monoisotopic (exact) mass is 461 g/mol. The maximum Gasteiger partial charge on any atom is 0.257 e. The summed E-state index contributed by atoms with van der Waals surface area (Å²) in [5.74, 6) is 2.23. The van der Waals surface area contributed by atoms with Gasteiger partial charge in [0.2, 0.25) is 0 Å². The molecule has 33 heavy (non-hydrogen) atoms. The molecule has 1 rings (SSSR count). The summed E-state index contributed by atoms with van der Waals surface area (Å²) in [5.41, 5.74) is 0. The summed E-state index contributed by atoms with van der Waals surface area (Å²) < 4.78 is 2.58. The van der Waals surface area contributed by atoms with E-state index in [1.54, 1.807) is 0 Å². The van der Waals surface area contributed by atoms with Crippen molar-refractivity contribution in [3.8, 4) is 0 Å². The van der Waals surface area contributed by atoms with Gasteiger partial charge in [0.1, 0.15) is 12.4 Å². The van der Waals surface area contributed by atoms with Gasteiger partial charge in [-0.3, -0.25) is 0 Å². The predicted octanol–water partition coefficient (Wildman–Crippen LogP) is 10.6. The fraction of sp³-hybridized carbons (Fsp3) is 0.903. The van der Waals surface area contributed by atoms with Crippen LogP contribution in [0.3, 0.4) is 0 Å². The van der Waals surface area contributed by atoms with Gasteiger partial charge in [-0.05, 0) is 32.6 Å². The lowest BCUT2D eigenvalue weighted by Crippen LogP contribution is -2.41. The smallest absolute Gasteiger partial charge is 0.247 e. The number of hydrogen-bond acceptors (Lipinski definition) is 0. The SMILES string of the molecule is CCCCCCCCCCCC(CCCCCCCCCC)c1[nH]cc[n+]1C(C)CCCC. The summed E-state index contributed by atoms with van der Waals surface area (Å²) in [6.07, 6.45) is 35.4. The Kier molecular flexibility index (Phi) is 19.9. The fourth-order valence-corrected chi connectivity index (χ4v) is 5.35. The fourth-order valence-electron chi connectivity index (χ4n) is 5.35. The van der Waals surface area contributed by atoms with Crippen molar-refractivity contribution < 1.29 is 4.57 Å². The zero-order valence-corrected chi connectivity index (χ0v) is 23.3. The van der Waals surface area contributed by atoms with Gasteiger partial charge < -0.3 is 0 Å². The molecule has 0 spiro atoms. The van der Waals surface area contributed by atoms with E-state index >= 15 is 0 Å². The van der Waals surface area contributed by atoms with E-state index in [1.807, 2.05) is 0 Å². The quantitative estimate of drug-likeness (QED) is 0.117. The van der Waals surface area contributed by atoms with Crippen molar-refractivity contribution in [2.75, 3.05) is 0 Å². The van der Waals surface area contributed by atoms with Crippen molar-refractivity contribution in [1.29, 1.82) is 0 Å². The number of imidazole rings is 1. The van der Waals surface area contributed by atoms with Crippen LogP contribution in [0, 0.1) is 0 Å². The van der Waals surface area contributed by atoms with Crippen molar-refractivity contribution >= 4 is 0 Å². The molecule has 0 aromatic carbocycles. The molecule has 2 atom stereocenters. The molecular weight excluding hydrogens is 400 g/mol. The van der Waals surface area contributed by atoms with E-state index in [4.69, 9.17) is 0 Å². The summed E-state index contributed by atoms with van der Waals surface area (Å²) in [5, 5.41) is 0. The molecule has 2 unspecified atom stereocenters. The summed E-state index contributed by atoms with van der Waals surface area (Å²) in [7, 11) is 0. The lowest BCUT2D eigenvalue weighted by Gasteiger charge is -2.17. The molecule has 1 N–H and O–H groups in total. The zero-order chi connectivity index (χ0) is 24.0. The Balaban J connectivity index is 2.45. The van der Waals surface area contributed by atoms with E-state index < -0.39 is 0 Å². The molecule has 194 valence electrons. The third-order valence-electron chi connectivity index (χ3n) is 7.64. The maximum absolute atomic E-state index is 3.68. The van der Waals surface area contributed by atoms with Crippen LogP contribution in [0.2, 0.25) is 0 Å². The van der Waals surface area contributed by atoms with Crippen LogP contribution in [-0.2, 0) is 0 Å². The highest BCUT2D eigenvalue weighted by molar-refractivity contribution is 4.90. The number of aromatic amines is 1. The first-order valence-electron chi connectivity index (χ1n) is 15.3.